The molecule has 1 unspecified atom stereocenters. The molecule has 1 fully saturated rings. The van der Waals surface area contributed by atoms with Gasteiger partial charge in [-0.15, -0.1) is 0 Å². The Balaban J connectivity index is 1.55. The summed E-state index contributed by atoms with van der Waals surface area (Å²) in [6.07, 6.45) is 4.29. The molecule has 0 bridgehead atoms. The van der Waals surface area contributed by atoms with E-state index in [0.717, 1.165) is 32.1 Å². The summed E-state index contributed by atoms with van der Waals surface area (Å²) < 4.78 is 48.0. The lowest BCUT2D eigenvalue weighted by atomic mass is 9.76. The van der Waals surface area contributed by atoms with Crippen LogP contribution in [-0.2, 0) is 6.42 Å². The van der Waals surface area contributed by atoms with Gasteiger partial charge >= 0.3 is 0 Å². The zero-order valence-corrected chi connectivity index (χ0v) is 17.1. The molecule has 0 spiro atoms. The first-order valence-electron chi connectivity index (χ1n) is 10.5. The third-order valence-electron chi connectivity index (χ3n) is 6.04. The van der Waals surface area contributed by atoms with Crippen molar-refractivity contribution in [1.82, 2.24) is 0 Å². The van der Waals surface area contributed by atoms with Crippen LogP contribution in [0.25, 0.3) is 0 Å². The van der Waals surface area contributed by atoms with Gasteiger partial charge in [0.15, 0.2) is 11.6 Å². The summed E-state index contributed by atoms with van der Waals surface area (Å²) in [6.45, 7) is 3.65. The van der Waals surface area contributed by atoms with Crippen molar-refractivity contribution >= 4 is 0 Å². The highest BCUT2D eigenvalue weighted by Gasteiger charge is 2.26. The quantitative estimate of drug-likeness (QED) is 0.572. The fraction of sp³-hybridized carbons (Fsp3) is 0.500. The van der Waals surface area contributed by atoms with Crippen LogP contribution >= 0.6 is 0 Å². The summed E-state index contributed by atoms with van der Waals surface area (Å²) in [6, 6.07) is 8.08. The first kappa shape index (κ1) is 21.7. The van der Waals surface area contributed by atoms with Gasteiger partial charge in [-0.2, -0.15) is 4.39 Å². The summed E-state index contributed by atoms with van der Waals surface area (Å²) in [5, 5.41) is 9.55. The Bertz CT molecular complexity index is 827. The van der Waals surface area contributed by atoms with Crippen molar-refractivity contribution in [3.05, 3.63) is 64.5 Å². The molecular weight excluding hydrogens is 377 g/mol. The van der Waals surface area contributed by atoms with Crippen LogP contribution in [0.3, 0.4) is 0 Å². The molecule has 0 heterocycles. The Morgan fingerprint density at radius 3 is 2.38 bits per heavy atom. The number of aliphatic hydroxyl groups excluding tert-OH is 1. The molecule has 2 nitrogen and oxygen atoms in total. The lowest BCUT2D eigenvalue weighted by molar-refractivity contribution is 0.198. The van der Waals surface area contributed by atoms with Crippen LogP contribution in [0.4, 0.5) is 13.2 Å². The zero-order valence-electron chi connectivity index (χ0n) is 17.1. The van der Waals surface area contributed by atoms with Crippen molar-refractivity contribution in [2.24, 2.45) is 5.92 Å². The van der Waals surface area contributed by atoms with Gasteiger partial charge in [0.05, 0.1) is 12.7 Å². The second-order valence-electron chi connectivity index (χ2n) is 8.00. The average Bonchev–Trinajstić information content (AvgIpc) is 2.71. The summed E-state index contributed by atoms with van der Waals surface area (Å²) in [7, 11) is 0. The van der Waals surface area contributed by atoms with Crippen LogP contribution < -0.4 is 4.74 Å². The van der Waals surface area contributed by atoms with Crippen LogP contribution in [0.5, 0.6) is 5.75 Å². The van der Waals surface area contributed by atoms with Gasteiger partial charge in [0.2, 0.25) is 5.82 Å². The van der Waals surface area contributed by atoms with E-state index in [1.54, 1.807) is 32.0 Å². The largest absolute Gasteiger partial charge is 0.491 e. The fourth-order valence-electron chi connectivity index (χ4n) is 4.28. The first-order valence-corrected chi connectivity index (χ1v) is 10.5. The molecule has 0 amide bonds. The molecule has 1 N–H and O–H groups in total. The molecule has 0 saturated heterocycles. The van der Waals surface area contributed by atoms with Crippen LogP contribution in [0.1, 0.15) is 74.7 Å². The Kier molecular flexibility index (Phi) is 7.23. The Labute approximate surface area is 170 Å². The summed E-state index contributed by atoms with van der Waals surface area (Å²) in [4.78, 5) is 0. The maximum absolute atomic E-state index is 14.5. The third-order valence-corrected chi connectivity index (χ3v) is 6.04. The fourth-order valence-corrected chi connectivity index (χ4v) is 4.28. The molecule has 5 heteroatoms. The van der Waals surface area contributed by atoms with E-state index < -0.39 is 17.7 Å². The van der Waals surface area contributed by atoms with E-state index in [2.05, 4.69) is 0 Å². The van der Waals surface area contributed by atoms with Crippen LogP contribution in [0.2, 0.25) is 0 Å². The minimum atomic E-state index is -0.900. The molecule has 0 aromatic heterocycles. The number of aryl methyl sites for hydroxylation is 1. The van der Waals surface area contributed by atoms with Gasteiger partial charge in [0.25, 0.3) is 0 Å². The van der Waals surface area contributed by atoms with Gasteiger partial charge in [-0.25, -0.2) is 8.78 Å². The van der Waals surface area contributed by atoms with E-state index >= 15 is 0 Å². The predicted octanol–water partition coefficient (Wildman–Crippen LogP) is 6.46. The number of ether oxygens (including phenoxy) is 1. The van der Waals surface area contributed by atoms with E-state index in [-0.39, 0.29) is 17.5 Å². The van der Waals surface area contributed by atoms with Crippen molar-refractivity contribution in [1.29, 1.82) is 0 Å². The molecule has 0 aliphatic heterocycles. The molecule has 2 aromatic carbocycles. The van der Waals surface area contributed by atoms with Gasteiger partial charge in [-0.1, -0.05) is 18.2 Å². The molecule has 1 aliphatic rings. The maximum atomic E-state index is 14.5. The number of rotatable bonds is 7. The molecule has 1 aliphatic carbocycles. The normalized spacial score (nSPS) is 20.5. The molecule has 1 saturated carbocycles. The molecule has 0 radical (unpaired) electrons. The van der Waals surface area contributed by atoms with Crippen molar-refractivity contribution in [2.45, 2.75) is 64.4 Å². The second-order valence-corrected chi connectivity index (χ2v) is 8.00. The Morgan fingerprint density at radius 1 is 1.03 bits per heavy atom. The highest BCUT2D eigenvalue weighted by molar-refractivity contribution is 5.33. The summed E-state index contributed by atoms with van der Waals surface area (Å²) in [5.74, 6) is -1.53. The lowest BCUT2D eigenvalue weighted by Crippen LogP contribution is -2.16. The molecule has 2 aromatic rings. The van der Waals surface area contributed by atoms with Gasteiger partial charge in [-0.05, 0) is 93.0 Å². The van der Waals surface area contributed by atoms with Crippen LogP contribution in [0.15, 0.2) is 30.3 Å². The smallest absolute Gasteiger partial charge is 0.200 e. The lowest BCUT2D eigenvalue weighted by Gasteiger charge is -2.29. The zero-order chi connectivity index (χ0) is 21.0. The highest BCUT2D eigenvalue weighted by atomic mass is 19.2. The summed E-state index contributed by atoms with van der Waals surface area (Å²) in [5.41, 5.74) is 1.68. The Morgan fingerprint density at radius 2 is 1.76 bits per heavy atom. The maximum Gasteiger partial charge on any atom is 0.200 e. The number of aliphatic hydroxyl groups is 1. The molecule has 1 atom stereocenters. The van der Waals surface area contributed by atoms with E-state index in [9.17, 15) is 18.3 Å². The van der Waals surface area contributed by atoms with Gasteiger partial charge in [0.1, 0.15) is 5.82 Å². The average molecular weight is 406 g/mol. The van der Waals surface area contributed by atoms with Crippen molar-refractivity contribution in [2.75, 3.05) is 6.61 Å². The minimum absolute atomic E-state index is 0.0125. The molecular formula is C24H29F3O2. The molecule has 158 valence electrons. The van der Waals surface area contributed by atoms with E-state index in [4.69, 9.17) is 4.74 Å². The predicted molar refractivity (Wildman–Crippen MR) is 108 cm³/mol. The first-order chi connectivity index (χ1) is 13.9. The third kappa shape index (κ3) is 5.13. The topological polar surface area (TPSA) is 29.5 Å². The minimum Gasteiger partial charge on any atom is -0.491 e. The highest BCUT2D eigenvalue weighted by Crippen LogP contribution is 2.40. The molecule has 29 heavy (non-hydrogen) atoms. The number of benzene rings is 2. The van der Waals surface area contributed by atoms with Crippen molar-refractivity contribution in [3.63, 3.8) is 0 Å². The second kappa shape index (κ2) is 9.66. The summed E-state index contributed by atoms with van der Waals surface area (Å²) >= 11 is 0. The van der Waals surface area contributed by atoms with Gasteiger partial charge < -0.3 is 9.84 Å². The van der Waals surface area contributed by atoms with Gasteiger partial charge in [-0.3, -0.25) is 0 Å². The number of hydrogen-bond acceptors (Lipinski definition) is 2. The van der Waals surface area contributed by atoms with Crippen molar-refractivity contribution < 1.29 is 23.0 Å². The Hall–Kier alpha value is -2.01. The molecule has 3 rings (SSSR count). The number of hydrogen-bond donors (Lipinski definition) is 1. The van der Waals surface area contributed by atoms with Crippen LogP contribution in [-0.4, -0.2) is 11.7 Å². The van der Waals surface area contributed by atoms with E-state index in [1.807, 2.05) is 0 Å². The van der Waals surface area contributed by atoms with Crippen molar-refractivity contribution in [3.8, 4) is 5.75 Å². The standard InChI is InChI=1S/C24H29F3O2/c1-3-29-22-13-12-20(23(26)24(22)27)17-7-4-16(5-8-17)6-9-18-10-11-19(15(2)28)14-21(18)25/h10-17,28H,3-9H2,1-2H3. The SMILES string of the molecule is CCOc1ccc(C2CCC(CCc3ccc(C(C)O)cc3F)CC2)c(F)c1F. The monoisotopic (exact) mass is 406 g/mol. The van der Waals surface area contributed by atoms with Gasteiger partial charge in [0, 0.05) is 0 Å². The van der Waals surface area contributed by atoms with E-state index in [0.29, 0.717) is 35.6 Å². The van der Waals surface area contributed by atoms with E-state index in [1.165, 1.54) is 12.1 Å². The van der Waals surface area contributed by atoms with Crippen LogP contribution in [0, 0.1) is 23.4 Å². The number of halogens is 3.